The summed E-state index contributed by atoms with van der Waals surface area (Å²) in [6.45, 7) is 2.82. The Morgan fingerprint density at radius 3 is 2.95 bits per heavy atom. The third kappa shape index (κ3) is 4.60. The Labute approximate surface area is 219 Å². The summed E-state index contributed by atoms with van der Waals surface area (Å²) < 4.78 is 5.52. The molecule has 0 saturated carbocycles. The van der Waals surface area contributed by atoms with Crippen molar-refractivity contribution in [1.82, 2.24) is 20.2 Å². The maximum absolute atomic E-state index is 12.9. The maximum atomic E-state index is 12.9. The van der Waals surface area contributed by atoms with Gasteiger partial charge in [0.15, 0.2) is 5.75 Å². The van der Waals surface area contributed by atoms with Crippen LogP contribution in [0.2, 0.25) is 5.02 Å². The van der Waals surface area contributed by atoms with Gasteiger partial charge in [0.25, 0.3) is 11.8 Å². The highest BCUT2D eigenvalue weighted by Crippen LogP contribution is 2.41. The van der Waals surface area contributed by atoms with Crippen molar-refractivity contribution >= 4 is 34.8 Å². The average molecular weight is 514 g/mol. The molecule has 9 heteroatoms. The molecule has 2 aliphatic rings. The standard InChI is InChI=1S/C28H24ClN5O3/c1-3-5-23(35)34-15-12-18(34)9-8-17-16-30-13-10-19(17)25-26(24-21(32-25)11-14-31-28(24)36)33-22-7-4-6-20(29)27(22)37-2/h4,6-7,10,13,16,18,32-33H,11-12,14-15H2,1-2H3,(H,31,36)/t18-/m0/s1. The number of H-pyrrole nitrogens is 1. The minimum atomic E-state index is -0.218. The molecule has 2 aromatic heterocycles. The number of amides is 2. The highest BCUT2D eigenvalue weighted by Gasteiger charge is 2.30. The van der Waals surface area contributed by atoms with Gasteiger partial charge in [0.2, 0.25) is 0 Å². The van der Waals surface area contributed by atoms with Crippen molar-refractivity contribution in [1.29, 1.82) is 0 Å². The van der Waals surface area contributed by atoms with Crippen LogP contribution in [0.3, 0.4) is 0 Å². The number of pyridine rings is 1. The number of aromatic nitrogens is 2. The van der Waals surface area contributed by atoms with Crippen LogP contribution in [0.15, 0.2) is 36.7 Å². The molecule has 2 aliphatic heterocycles. The number of hydrogen-bond donors (Lipinski definition) is 3. The van der Waals surface area contributed by atoms with Crippen molar-refractivity contribution in [2.75, 3.05) is 25.5 Å². The molecule has 1 atom stereocenters. The van der Waals surface area contributed by atoms with Crippen molar-refractivity contribution < 1.29 is 14.3 Å². The topological polar surface area (TPSA) is 99.3 Å². The number of carbonyl (C=O) groups is 2. The van der Waals surface area contributed by atoms with E-state index < -0.39 is 0 Å². The van der Waals surface area contributed by atoms with Crippen LogP contribution in [0.25, 0.3) is 11.3 Å². The van der Waals surface area contributed by atoms with E-state index in [0.717, 1.165) is 17.7 Å². The fourth-order valence-electron chi connectivity index (χ4n) is 4.49. The fraction of sp³-hybridized carbons (Fsp3) is 0.250. The smallest absolute Gasteiger partial charge is 0.299 e. The minimum absolute atomic E-state index is 0.172. The van der Waals surface area contributed by atoms with E-state index in [2.05, 4.69) is 44.3 Å². The number of likely N-dealkylation sites (tertiary alicyclic amines) is 1. The summed E-state index contributed by atoms with van der Waals surface area (Å²) in [7, 11) is 1.55. The Morgan fingerprint density at radius 1 is 1.32 bits per heavy atom. The summed E-state index contributed by atoms with van der Waals surface area (Å²) in [5, 5.41) is 6.75. The van der Waals surface area contributed by atoms with Gasteiger partial charge in [0.05, 0.1) is 46.4 Å². The molecule has 3 aromatic rings. The highest BCUT2D eigenvalue weighted by atomic mass is 35.5. The van der Waals surface area contributed by atoms with Crippen LogP contribution < -0.4 is 15.4 Å². The maximum Gasteiger partial charge on any atom is 0.299 e. The quantitative estimate of drug-likeness (QED) is 0.461. The Kier molecular flexibility index (Phi) is 6.76. The fourth-order valence-corrected chi connectivity index (χ4v) is 4.74. The predicted octanol–water partition coefficient (Wildman–Crippen LogP) is 3.74. The summed E-state index contributed by atoms with van der Waals surface area (Å²) in [4.78, 5) is 34.5. The van der Waals surface area contributed by atoms with Gasteiger partial charge >= 0.3 is 0 Å². The number of aromatic amines is 1. The zero-order valence-corrected chi connectivity index (χ0v) is 21.1. The molecule has 1 fully saturated rings. The van der Waals surface area contributed by atoms with Gasteiger partial charge in [-0.15, -0.1) is 0 Å². The van der Waals surface area contributed by atoms with Crippen molar-refractivity contribution in [2.24, 2.45) is 0 Å². The lowest BCUT2D eigenvalue weighted by Crippen LogP contribution is -2.49. The number of methoxy groups -OCH3 is 1. The van der Waals surface area contributed by atoms with E-state index in [0.29, 0.717) is 58.5 Å². The van der Waals surface area contributed by atoms with Crippen LogP contribution in [-0.2, 0) is 11.2 Å². The number of anilines is 2. The van der Waals surface area contributed by atoms with Crippen molar-refractivity contribution in [3.05, 3.63) is 58.5 Å². The van der Waals surface area contributed by atoms with Gasteiger partial charge in [-0.2, -0.15) is 0 Å². The second kappa shape index (κ2) is 10.3. The largest absolute Gasteiger partial charge is 0.493 e. The Hall–Kier alpha value is -4.40. The lowest BCUT2D eigenvalue weighted by atomic mass is 10.0. The molecule has 0 radical (unpaired) electrons. The minimum Gasteiger partial charge on any atom is -0.493 e. The average Bonchev–Trinajstić information content (AvgIpc) is 3.23. The third-order valence-electron chi connectivity index (χ3n) is 6.37. The van der Waals surface area contributed by atoms with Gasteiger partial charge in [-0.05, 0) is 37.5 Å². The van der Waals surface area contributed by atoms with Crippen LogP contribution in [-0.4, -0.2) is 52.9 Å². The molecule has 8 nitrogen and oxygen atoms in total. The second-order valence-corrected chi connectivity index (χ2v) is 8.96. The van der Waals surface area contributed by atoms with Crippen LogP contribution in [0.4, 0.5) is 11.4 Å². The molecule has 3 N–H and O–H groups in total. The molecule has 4 heterocycles. The van der Waals surface area contributed by atoms with Crippen molar-refractivity contribution in [2.45, 2.75) is 25.8 Å². The number of hydrogen-bond acceptors (Lipinski definition) is 5. The zero-order valence-electron chi connectivity index (χ0n) is 20.4. The molecule has 5 rings (SSSR count). The number of halogens is 1. The Morgan fingerprint density at radius 2 is 2.19 bits per heavy atom. The first kappa shape index (κ1) is 24.3. The molecule has 0 unspecified atom stereocenters. The SMILES string of the molecule is CC#CC(=O)N1CC[C@@H]1C#Cc1cnccc1-c1[nH]c2c(c1Nc1cccc(Cl)c1OC)C(=O)NCC2. The number of fused-ring (bicyclic) bond motifs is 1. The first-order valence-corrected chi connectivity index (χ1v) is 12.2. The molecule has 2 amide bonds. The monoisotopic (exact) mass is 513 g/mol. The lowest BCUT2D eigenvalue weighted by molar-refractivity contribution is -0.130. The Balaban J connectivity index is 1.58. The number of nitrogens with zero attached hydrogens (tertiary/aromatic N) is 2. The molecule has 186 valence electrons. The molecule has 1 aromatic carbocycles. The van der Waals surface area contributed by atoms with E-state index >= 15 is 0 Å². The number of carbonyl (C=O) groups excluding carboxylic acids is 2. The third-order valence-corrected chi connectivity index (χ3v) is 6.67. The van der Waals surface area contributed by atoms with Gasteiger partial charge in [-0.3, -0.25) is 14.6 Å². The lowest BCUT2D eigenvalue weighted by Gasteiger charge is -2.36. The van der Waals surface area contributed by atoms with Crippen LogP contribution in [0.1, 0.15) is 35.0 Å². The van der Waals surface area contributed by atoms with Crippen LogP contribution >= 0.6 is 11.6 Å². The van der Waals surface area contributed by atoms with Crippen molar-refractivity contribution in [3.63, 3.8) is 0 Å². The van der Waals surface area contributed by atoms with Gasteiger partial charge in [-0.1, -0.05) is 35.4 Å². The molecular formula is C28H24ClN5O3. The zero-order chi connectivity index (χ0) is 25.9. The number of ether oxygens (including phenoxy) is 1. The number of para-hydroxylation sites is 1. The van der Waals surface area contributed by atoms with Crippen LogP contribution in [0.5, 0.6) is 5.75 Å². The number of benzene rings is 1. The summed E-state index contributed by atoms with van der Waals surface area (Å²) in [6, 6.07) is 7.04. The van der Waals surface area contributed by atoms with E-state index in [-0.39, 0.29) is 17.9 Å². The van der Waals surface area contributed by atoms with E-state index in [4.69, 9.17) is 16.3 Å². The number of nitrogens with one attached hydrogen (secondary N) is 3. The summed E-state index contributed by atoms with van der Waals surface area (Å²) in [5.74, 6) is 11.7. The van der Waals surface area contributed by atoms with E-state index in [1.807, 2.05) is 18.2 Å². The first-order valence-electron chi connectivity index (χ1n) is 11.8. The van der Waals surface area contributed by atoms with Gasteiger partial charge in [0, 0.05) is 43.2 Å². The normalized spacial score (nSPS) is 15.7. The highest BCUT2D eigenvalue weighted by molar-refractivity contribution is 6.32. The predicted molar refractivity (Wildman–Crippen MR) is 142 cm³/mol. The second-order valence-electron chi connectivity index (χ2n) is 8.55. The molecule has 37 heavy (non-hydrogen) atoms. The van der Waals surface area contributed by atoms with E-state index in [1.165, 1.54) is 0 Å². The molecule has 0 bridgehead atoms. The van der Waals surface area contributed by atoms with Crippen LogP contribution in [0, 0.1) is 23.7 Å². The number of rotatable bonds is 4. The molecular weight excluding hydrogens is 490 g/mol. The molecule has 0 spiro atoms. The van der Waals surface area contributed by atoms with E-state index in [1.54, 1.807) is 37.4 Å². The first-order chi connectivity index (χ1) is 18.0. The van der Waals surface area contributed by atoms with Gasteiger partial charge in [-0.25, -0.2) is 0 Å². The van der Waals surface area contributed by atoms with Gasteiger partial charge < -0.3 is 25.3 Å². The summed E-state index contributed by atoms with van der Waals surface area (Å²) >= 11 is 6.35. The molecule has 0 aliphatic carbocycles. The summed E-state index contributed by atoms with van der Waals surface area (Å²) in [6.07, 6.45) is 4.81. The van der Waals surface area contributed by atoms with Crippen molar-refractivity contribution in [3.8, 4) is 40.7 Å². The summed E-state index contributed by atoms with van der Waals surface area (Å²) in [5.41, 5.74) is 4.73. The van der Waals surface area contributed by atoms with Gasteiger partial charge in [0.1, 0.15) is 0 Å². The molecule has 1 saturated heterocycles. The van der Waals surface area contributed by atoms with E-state index in [9.17, 15) is 9.59 Å². The Bertz CT molecular complexity index is 1520.